The Morgan fingerprint density at radius 3 is 2.90 bits per heavy atom. The Bertz CT molecular complexity index is 224. The van der Waals surface area contributed by atoms with Gasteiger partial charge in [0.1, 0.15) is 0 Å². The van der Waals surface area contributed by atoms with Crippen LogP contribution in [0.4, 0.5) is 10.6 Å². The average molecular weight is 141 g/mol. The number of anilines is 1. The van der Waals surface area contributed by atoms with Gasteiger partial charge in [0.15, 0.2) is 5.82 Å². The zero-order chi connectivity index (χ0) is 7.40. The number of amides is 1. The summed E-state index contributed by atoms with van der Waals surface area (Å²) in [5.74, 6) is 0.0579. The van der Waals surface area contributed by atoms with E-state index in [1.54, 1.807) is 0 Å². The van der Waals surface area contributed by atoms with Gasteiger partial charge in [0.2, 0.25) is 0 Å². The molecule has 0 saturated carbocycles. The van der Waals surface area contributed by atoms with Crippen molar-refractivity contribution in [2.24, 2.45) is 0 Å². The summed E-state index contributed by atoms with van der Waals surface area (Å²) < 4.78 is 0. The van der Waals surface area contributed by atoms with Gasteiger partial charge in [0.25, 0.3) is 0 Å². The van der Waals surface area contributed by atoms with Crippen LogP contribution in [0.25, 0.3) is 0 Å². The smallest absolute Gasteiger partial charge is 0.410 e. The highest BCUT2D eigenvalue weighted by molar-refractivity contribution is 5.80. The summed E-state index contributed by atoms with van der Waals surface area (Å²) in [6.07, 6.45) is -0.0523. The summed E-state index contributed by atoms with van der Waals surface area (Å²) in [6.45, 7) is 0. The molecule has 1 aromatic rings. The van der Waals surface area contributed by atoms with Crippen molar-refractivity contribution in [2.75, 3.05) is 5.32 Å². The summed E-state index contributed by atoms with van der Waals surface area (Å²) in [7, 11) is 0. The first kappa shape index (κ1) is 6.33. The summed E-state index contributed by atoms with van der Waals surface area (Å²) in [5, 5.41) is 22.9. The molecule has 1 amide bonds. The fraction of sp³-hybridized carbons (Fsp3) is 0. The number of nitrogens with zero attached hydrogens (tertiary/aromatic N) is 4. The Morgan fingerprint density at radius 2 is 2.40 bits per heavy atom. The van der Waals surface area contributed by atoms with Crippen LogP contribution in [-0.4, -0.2) is 31.8 Å². The van der Waals surface area contributed by atoms with Gasteiger partial charge in [-0.05, 0) is 10.4 Å². The van der Waals surface area contributed by atoms with E-state index in [-0.39, 0.29) is 5.82 Å². The van der Waals surface area contributed by atoms with Crippen molar-refractivity contribution in [3.63, 3.8) is 0 Å². The second kappa shape index (κ2) is 2.67. The van der Waals surface area contributed by atoms with Gasteiger partial charge in [-0.25, -0.2) is 4.79 Å². The van der Waals surface area contributed by atoms with Crippen LogP contribution in [0.1, 0.15) is 0 Å². The third-order valence-corrected chi connectivity index (χ3v) is 0.659. The van der Waals surface area contributed by atoms with E-state index in [2.05, 4.69) is 20.6 Å². The molecule has 1 aromatic heterocycles. The van der Waals surface area contributed by atoms with E-state index in [0.717, 1.165) is 6.20 Å². The van der Waals surface area contributed by atoms with Crippen LogP contribution < -0.4 is 5.32 Å². The standard InChI is InChI=1S/C3H3N5O2/c9-3(10)5-2-1-4-7-8-6-2/h1H,(H,9,10)(H,5,6,7). The van der Waals surface area contributed by atoms with E-state index in [0.29, 0.717) is 0 Å². The van der Waals surface area contributed by atoms with E-state index in [4.69, 9.17) is 5.11 Å². The average Bonchev–Trinajstić information content (AvgIpc) is 1.88. The number of hydrogen-bond donors (Lipinski definition) is 2. The molecule has 0 saturated heterocycles. The van der Waals surface area contributed by atoms with Crippen molar-refractivity contribution in [2.45, 2.75) is 0 Å². The number of nitrogens with one attached hydrogen (secondary N) is 1. The first-order valence-corrected chi connectivity index (χ1v) is 2.30. The van der Waals surface area contributed by atoms with E-state index in [9.17, 15) is 4.79 Å². The van der Waals surface area contributed by atoms with Crippen molar-refractivity contribution < 1.29 is 9.90 Å². The first-order chi connectivity index (χ1) is 4.79. The Morgan fingerprint density at radius 1 is 1.60 bits per heavy atom. The number of carbonyl (C=O) groups is 1. The molecule has 0 bridgehead atoms. The molecule has 0 aromatic carbocycles. The van der Waals surface area contributed by atoms with Crippen LogP contribution in [-0.2, 0) is 0 Å². The van der Waals surface area contributed by atoms with Crippen LogP contribution in [0.2, 0.25) is 0 Å². The van der Waals surface area contributed by atoms with Crippen LogP contribution in [0, 0.1) is 0 Å². The van der Waals surface area contributed by atoms with Crippen molar-refractivity contribution in [1.29, 1.82) is 0 Å². The molecular weight excluding hydrogens is 138 g/mol. The predicted octanol–water partition coefficient (Wildman–Crippen LogP) is -0.644. The second-order valence-corrected chi connectivity index (χ2v) is 1.34. The molecule has 0 aliphatic heterocycles. The van der Waals surface area contributed by atoms with Crippen molar-refractivity contribution in [1.82, 2.24) is 20.6 Å². The Balaban J connectivity index is 2.67. The number of rotatable bonds is 1. The lowest BCUT2D eigenvalue weighted by Crippen LogP contribution is -2.10. The number of aromatic nitrogens is 4. The molecule has 2 N–H and O–H groups in total. The Hall–Kier alpha value is -1.79. The molecule has 0 atom stereocenters. The van der Waals surface area contributed by atoms with Gasteiger partial charge in [-0.3, -0.25) is 5.32 Å². The topological polar surface area (TPSA) is 101 Å². The lowest BCUT2D eigenvalue weighted by molar-refractivity contribution is 0.209. The van der Waals surface area contributed by atoms with Crippen molar-refractivity contribution >= 4 is 11.9 Å². The van der Waals surface area contributed by atoms with Crippen molar-refractivity contribution in [3.8, 4) is 0 Å². The van der Waals surface area contributed by atoms with Gasteiger partial charge in [-0.15, -0.1) is 10.2 Å². The highest BCUT2D eigenvalue weighted by Crippen LogP contribution is 1.91. The summed E-state index contributed by atoms with van der Waals surface area (Å²) in [4.78, 5) is 9.94. The monoisotopic (exact) mass is 141 g/mol. The second-order valence-electron chi connectivity index (χ2n) is 1.34. The lowest BCUT2D eigenvalue weighted by atomic mass is 10.7. The minimum Gasteiger partial charge on any atom is -0.465 e. The third-order valence-electron chi connectivity index (χ3n) is 0.659. The van der Waals surface area contributed by atoms with Crippen LogP contribution >= 0.6 is 0 Å². The molecule has 52 valence electrons. The zero-order valence-corrected chi connectivity index (χ0v) is 4.72. The molecule has 0 fully saturated rings. The summed E-state index contributed by atoms with van der Waals surface area (Å²) in [6, 6.07) is 0. The largest absolute Gasteiger partial charge is 0.465 e. The predicted molar refractivity (Wildman–Crippen MR) is 29.3 cm³/mol. The highest BCUT2D eigenvalue weighted by atomic mass is 16.4. The molecule has 1 rings (SSSR count). The van der Waals surface area contributed by atoms with Crippen LogP contribution in [0.5, 0.6) is 0 Å². The zero-order valence-electron chi connectivity index (χ0n) is 4.72. The van der Waals surface area contributed by atoms with E-state index < -0.39 is 6.09 Å². The van der Waals surface area contributed by atoms with E-state index in [1.165, 1.54) is 0 Å². The minimum absolute atomic E-state index is 0.0579. The molecule has 10 heavy (non-hydrogen) atoms. The van der Waals surface area contributed by atoms with E-state index >= 15 is 0 Å². The fourth-order valence-electron chi connectivity index (χ4n) is 0.364. The molecule has 0 spiro atoms. The summed E-state index contributed by atoms with van der Waals surface area (Å²) in [5.41, 5.74) is 0. The van der Waals surface area contributed by atoms with Gasteiger partial charge >= 0.3 is 6.09 Å². The van der Waals surface area contributed by atoms with Crippen LogP contribution in [0.3, 0.4) is 0 Å². The van der Waals surface area contributed by atoms with Crippen LogP contribution in [0.15, 0.2) is 6.20 Å². The van der Waals surface area contributed by atoms with Gasteiger partial charge in [0, 0.05) is 0 Å². The minimum atomic E-state index is -1.21. The van der Waals surface area contributed by atoms with Gasteiger partial charge < -0.3 is 5.11 Å². The summed E-state index contributed by atoms with van der Waals surface area (Å²) >= 11 is 0. The lowest BCUT2D eigenvalue weighted by Gasteiger charge is -1.92. The first-order valence-electron chi connectivity index (χ1n) is 2.30. The van der Waals surface area contributed by atoms with Gasteiger partial charge in [-0.1, -0.05) is 0 Å². The van der Waals surface area contributed by atoms with Gasteiger partial charge in [0.05, 0.1) is 6.20 Å². The quantitative estimate of drug-likeness (QED) is 0.539. The molecule has 1 heterocycles. The normalized spacial score (nSPS) is 8.80. The molecular formula is C3H3N5O2. The fourth-order valence-corrected chi connectivity index (χ4v) is 0.364. The number of carboxylic acid groups (broad SMARTS) is 1. The number of hydrogen-bond acceptors (Lipinski definition) is 5. The Kier molecular flexibility index (Phi) is 1.69. The maximum atomic E-state index is 9.94. The molecule has 7 nitrogen and oxygen atoms in total. The SMILES string of the molecule is O=C(O)Nc1cnnnn1. The molecule has 0 radical (unpaired) electrons. The van der Waals surface area contributed by atoms with Gasteiger partial charge in [-0.2, -0.15) is 0 Å². The molecule has 0 unspecified atom stereocenters. The molecule has 0 aliphatic carbocycles. The van der Waals surface area contributed by atoms with E-state index in [1.807, 2.05) is 5.32 Å². The molecule has 0 aliphatic rings. The molecule has 7 heteroatoms. The maximum absolute atomic E-state index is 9.94. The third kappa shape index (κ3) is 1.62. The Labute approximate surface area is 55.1 Å². The van der Waals surface area contributed by atoms with Crippen molar-refractivity contribution in [3.05, 3.63) is 6.20 Å². The highest BCUT2D eigenvalue weighted by Gasteiger charge is 1.97. The maximum Gasteiger partial charge on any atom is 0.410 e.